The average molecular weight is 276 g/mol. The van der Waals surface area contributed by atoms with Gasteiger partial charge in [0.25, 0.3) is 0 Å². The fraction of sp³-hybridized carbons (Fsp3) is 0.333. The highest BCUT2D eigenvalue weighted by atomic mass is 35.5. The summed E-state index contributed by atoms with van der Waals surface area (Å²) in [5.41, 5.74) is 3.25. The summed E-state index contributed by atoms with van der Waals surface area (Å²) in [4.78, 5) is 8.57. The molecule has 0 aliphatic heterocycles. The summed E-state index contributed by atoms with van der Waals surface area (Å²) in [5, 5.41) is 3.87. The Morgan fingerprint density at radius 1 is 1.16 bits per heavy atom. The second kappa shape index (κ2) is 6.02. The van der Waals surface area contributed by atoms with Crippen LogP contribution in [0.2, 0.25) is 5.15 Å². The summed E-state index contributed by atoms with van der Waals surface area (Å²) in [7, 11) is 0. The van der Waals surface area contributed by atoms with Crippen LogP contribution in [0, 0.1) is 13.8 Å². The minimum absolute atomic E-state index is 0.503. The molecule has 0 atom stereocenters. The largest absolute Gasteiger partial charge is 0.340 e. The highest BCUT2D eigenvalue weighted by Gasteiger charge is 2.09. The number of nitrogens with one attached hydrogen (secondary N) is 1. The van der Waals surface area contributed by atoms with Crippen LogP contribution in [0.15, 0.2) is 24.3 Å². The number of hydrogen-bond acceptors (Lipinski definition) is 3. The van der Waals surface area contributed by atoms with Gasteiger partial charge in [-0.25, -0.2) is 9.97 Å². The Bertz CT molecular complexity index is 582. The van der Waals surface area contributed by atoms with E-state index in [9.17, 15) is 0 Å². The van der Waals surface area contributed by atoms with Crippen LogP contribution >= 0.6 is 11.6 Å². The number of para-hydroxylation sites is 1. The van der Waals surface area contributed by atoms with Crippen molar-refractivity contribution in [2.24, 2.45) is 0 Å². The zero-order chi connectivity index (χ0) is 13.8. The second-order valence-corrected chi connectivity index (χ2v) is 4.93. The van der Waals surface area contributed by atoms with E-state index in [-0.39, 0.29) is 0 Å². The molecular weight excluding hydrogens is 258 g/mol. The van der Waals surface area contributed by atoms with Crippen molar-refractivity contribution >= 4 is 23.1 Å². The smallest absolute Gasteiger partial charge is 0.138 e. The van der Waals surface area contributed by atoms with Crippen LogP contribution in [-0.4, -0.2) is 9.97 Å². The van der Waals surface area contributed by atoms with Gasteiger partial charge >= 0.3 is 0 Å². The summed E-state index contributed by atoms with van der Waals surface area (Å²) in [6, 6.07) is 8.28. The molecule has 1 aromatic heterocycles. The number of benzene rings is 1. The first kappa shape index (κ1) is 13.8. The molecule has 0 saturated carbocycles. The van der Waals surface area contributed by atoms with Crippen LogP contribution < -0.4 is 5.32 Å². The lowest BCUT2D eigenvalue weighted by Crippen LogP contribution is -2.03. The van der Waals surface area contributed by atoms with Gasteiger partial charge < -0.3 is 5.32 Å². The Labute approximate surface area is 119 Å². The molecule has 0 fully saturated rings. The van der Waals surface area contributed by atoms with E-state index in [0.717, 1.165) is 29.9 Å². The van der Waals surface area contributed by atoms with E-state index in [2.05, 4.69) is 40.4 Å². The van der Waals surface area contributed by atoms with Crippen LogP contribution in [0.5, 0.6) is 0 Å². The van der Waals surface area contributed by atoms with Gasteiger partial charge in [0.2, 0.25) is 0 Å². The summed E-state index contributed by atoms with van der Waals surface area (Å²) in [6.07, 6.45) is 2.15. The molecule has 1 heterocycles. The Hall–Kier alpha value is -1.61. The van der Waals surface area contributed by atoms with E-state index in [0.29, 0.717) is 11.0 Å². The minimum Gasteiger partial charge on any atom is -0.340 e. The lowest BCUT2D eigenvalue weighted by atomic mass is 10.1. The maximum Gasteiger partial charge on any atom is 0.138 e. The van der Waals surface area contributed by atoms with Crippen LogP contribution in [0.3, 0.4) is 0 Å². The van der Waals surface area contributed by atoms with E-state index in [1.54, 1.807) is 0 Å². The van der Waals surface area contributed by atoms with E-state index < -0.39 is 0 Å². The van der Waals surface area contributed by atoms with E-state index in [1.165, 1.54) is 5.56 Å². The first-order valence-corrected chi connectivity index (χ1v) is 6.85. The molecule has 3 nitrogen and oxygen atoms in total. The molecular formula is C15H18ClN3. The van der Waals surface area contributed by atoms with Crippen LogP contribution in [0.4, 0.5) is 11.5 Å². The van der Waals surface area contributed by atoms with Crippen molar-refractivity contribution in [1.82, 2.24) is 9.97 Å². The molecule has 0 unspecified atom stereocenters. The number of aromatic nitrogens is 2. The van der Waals surface area contributed by atoms with Crippen molar-refractivity contribution in [1.29, 1.82) is 0 Å². The van der Waals surface area contributed by atoms with Crippen molar-refractivity contribution in [2.45, 2.75) is 33.6 Å². The molecule has 0 saturated heterocycles. The molecule has 0 bridgehead atoms. The summed E-state index contributed by atoms with van der Waals surface area (Å²) < 4.78 is 0. The fourth-order valence-corrected chi connectivity index (χ4v) is 2.18. The number of rotatable bonds is 4. The van der Waals surface area contributed by atoms with Gasteiger partial charge in [0.1, 0.15) is 16.8 Å². The predicted molar refractivity (Wildman–Crippen MR) is 80.2 cm³/mol. The Morgan fingerprint density at radius 2 is 1.89 bits per heavy atom. The molecule has 0 spiro atoms. The minimum atomic E-state index is 0.503. The highest BCUT2D eigenvalue weighted by Crippen LogP contribution is 2.25. The first-order valence-electron chi connectivity index (χ1n) is 6.47. The van der Waals surface area contributed by atoms with E-state index >= 15 is 0 Å². The third-order valence-electron chi connectivity index (χ3n) is 2.99. The molecule has 0 aliphatic carbocycles. The van der Waals surface area contributed by atoms with Gasteiger partial charge in [-0.15, -0.1) is 0 Å². The normalized spacial score (nSPS) is 10.5. The molecule has 1 N–H and O–H groups in total. The summed E-state index contributed by atoms with van der Waals surface area (Å²) in [6.45, 7) is 5.94. The summed E-state index contributed by atoms with van der Waals surface area (Å²) >= 11 is 6.10. The highest BCUT2D eigenvalue weighted by molar-refractivity contribution is 6.30. The third-order valence-corrected chi connectivity index (χ3v) is 3.36. The molecule has 0 amide bonds. The molecule has 2 aromatic rings. The van der Waals surface area contributed by atoms with Crippen LogP contribution in [-0.2, 0) is 6.42 Å². The van der Waals surface area contributed by atoms with E-state index in [4.69, 9.17) is 11.6 Å². The standard InChI is InChI=1S/C15H18ClN3/c1-4-7-12-8-5-6-9-13(12)19-15-10(2)14(16)17-11(3)18-15/h5-6,8-9H,4,7H2,1-3H3,(H,17,18,19). The molecule has 0 radical (unpaired) electrons. The number of halogens is 1. The van der Waals surface area contributed by atoms with Crippen molar-refractivity contribution in [2.75, 3.05) is 5.32 Å². The first-order chi connectivity index (χ1) is 9.11. The Kier molecular flexibility index (Phi) is 4.38. The predicted octanol–water partition coefficient (Wildman–Crippen LogP) is 4.44. The quantitative estimate of drug-likeness (QED) is 0.838. The van der Waals surface area contributed by atoms with Gasteiger partial charge in [-0.3, -0.25) is 0 Å². The van der Waals surface area contributed by atoms with Crippen molar-refractivity contribution < 1.29 is 0 Å². The molecule has 1 aromatic carbocycles. The lowest BCUT2D eigenvalue weighted by molar-refractivity contribution is 0.922. The molecule has 0 aliphatic rings. The molecule has 2 rings (SSSR count). The van der Waals surface area contributed by atoms with Gasteiger partial charge in [0, 0.05) is 11.3 Å². The molecule has 100 valence electrons. The van der Waals surface area contributed by atoms with Crippen molar-refractivity contribution in [3.05, 3.63) is 46.4 Å². The number of nitrogens with zero attached hydrogens (tertiary/aromatic N) is 2. The average Bonchev–Trinajstić information content (AvgIpc) is 2.38. The lowest BCUT2D eigenvalue weighted by Gasteiger charge is -2.13. The topological polar surface area (TPSA) is 37.8 Å². The summed E-state index contributed by atoms with van der Waals surface area (Å²) in [5.74, 6) is 1.45. The van der Waals surface area contributed by atoms with Crippen LogP contribution in [0.1, 0.15) is 30.3 Å². The van der Waals surface area contributed by atoms with Gasteiger partial charge in [-0.05, 0) is 31.9 Å². The SMILES string of the molecule is CCCc1ccccc1Nc1nc(C)nc(Cl)c1C. The maximum absolute atomic E-state index is 6.10. The Balaban J connectivity index is 2.36. The zero-order valence-corrected chi connectivity index (χ0v) is 12.3. The molecule has 19 heavy (non-hydrogen) atoms. The molecule has 4 heteroatoms. The third kappa shape index (κ3) is 3.24. The van der Waals surface area contributed by atoms with E-state index in [1.807, 2.05) is 19.9 Å². The maximum atomic E-state index is 6.10. The van der Waals surface area contributed by atoms with Crippen molar-refractivity contribution in [3.8, 4) is 0 Å². The monoisotopic (exact) mass is 275 g/mol. The number of hydrogen-bond donors (Lipinski definition) is 1. The number of anilines is 2. The van der Waals surface area contributed by atoms with Gasteiger partial charge in [-0.1, -0.05) is 43.1 Å². The second-order valence-electron chi connectivity index (χ2n) is 4.57. The fourth-order valence-electron chi connectivity index (χ4n) is 1.97. The zero-order valence-electron chi connectivity index (χ0n) is 11.5. The van der Waals surface area contributed by atoms with Crippen molar-refractivity contribution in [3.63, 3.8) is 0 Å². The Morgan fingerprint density at radius 3 is 2.63 bits per heavy atom. The van der Waals surface area contributed by atoms with Gasteiger partial charge in [-0.2, -0.15) is 0 Å². The van der Waals surface area contributed by atoms with Gasteiger partial charge in [0.15, 0.2) is 0 Å². The van der Waals surface area contributed by atoms with Gasteiger partial charge in [0.05, 0.1) is 0 Å². The number of aryl methyl sites for hydroxylation is 2. The van der Waals surface area contributed by atoms with Crippen LogP contribution in [0.25, 0.3) is 0 Å².